The summed E-state index contributed by atoms with van der Waals surface area (Å²) in [5.74, 6) is 0.635. The second-order valence-electron chi connectivity index (χ2n) is 3.51. The van der Waals surface area contributed by atoms with Crippen LogP contribution in [0.2, 0.25) is 0 Å². The molecule has 0 atom stereocenters. The third-order valence-electron chi connectivity index (χ3n) is 1.94. The smallest absolute Gasteiger partial charge is 0.228 e. The van der Waals surface area contributed by atoms with E-state index in [1.165, 1.54) is 0 Å². The Morgan fingerprint density at radius 1 is 1.50 bits per heavy atom. The Kier molecular flexibility index (Phi) is 3.63. The zero-order valence-corrected chi connectivity index (χ0v) is 8.87. The van der Waals surface area contributed by atoms with Crippen molar-refractivity contribution in [3.63, 3.8) is 0 Å². The van der Waals surface area contributed by atoms with Gasteiger partial charge < -0.3 is 5.32 Å². The molecule has 0 saturated carbocycles. The van der Waals surface area contributed by atoms with E-state index in [4.69, 9.17) is 0 Å². The molecule has 1 amide bonds. The summed E-state index contributed by atoms with van der Waals surface area (Å²) in [6, 6.07) is 5.66. The number of rotatable bonds is 3. The molecule has 14 heavy (non-hydrogen) atoms. The number of carbonyl (C=O) groups is 1. The first kappa shape index (κ1) is 10.7. The van der Waals surface area contributed by atoms with E-state index < -0.39 is 0 Å². The topological polar surface area (TPSA) is 42.0 Å². The van der Waals surface area contributed by atoms with Crippen molar-refractivity contribution in [1.29, 1.82) is 0 Å². The fourth-order valence-corrected chi connectivity index (χ4v) is 1.02. The second-order valence-corrected chi connectivity index (χ2v) is 3.51. The normalized spacial score (nSPS) is 10.3. The van der Waals surface area contributed by atoms with E-state index >= 15 is 0 Å². The number of aromatic nitrogens is 1. The molecule has 0 saturated heterocycles. The fraction of sp³-hybridized carbons (Fsp3) is 0.455. The lowest BCUT2D eigenvalue weighted by Crippen LogP contribution is -2.18. The van der Waals surface area contributed by atoms with Gasteiger partial charge in [0.05, 0.1) is 0 Å². The zero-order chi connectivity index (χ0) is 10.6. The number of carbonyl (C=O) groups excluding carboxylic acids is 1. The number of hydrogen-bond acceptors (Lipinski definition) is 2. The van der Waals surface area contributed by atoms with Crippen LogP contribution in [0.5, 0.6) is 0 Å². The van der Waals surface area contributed by atoms with E-state index in [9.17, 15) is 4.79 Å². The molecule has 0 spiro atoms. The maximum atomic E-state index is 11.4. The quantitative estimate of drug-likeness (QED) is 0.798. The van der Waals surface area contributed by atoms with Crippen LogP contribution < -0.4 is 5.32 Å². The number of anilines is 1. The van der Waals surface area contributed by atoms with E-state index in [0.29, 0.717) is 5.82 Å². The van der Waals surface area contributed by atoms with Crippen LogP contribution in [-0.2, 0) is 11.2 Å². The fourth-order valence-electron chi connectivity index (χ4n) is 1.02. The average Bonchev–Trinajstić information content (AvgIpc) is 2.18. The minimum Gasteiger partial charge on any atom is -0.310 e. The maximum Gasteiger partial charge on any atom is 0.228 e. The van der Waals surface area contributed by atoms with Gasteiger partial charge in [0.2, 0.25) is 5.91 Å². The molecule has 0 bridgehead atoms. The third kappa shape index (κ3) is 2.83. The van der Waals surface area contributed by atoms with Crippen LogP contribution in [0.15, 0.2) is 18.2 Å². The van der Waals surface area contributed by atoms with Gasteiger partial charge in [0.1, 0.15) is 5.82 Å². The van der Waals surface area contributed by atoms with Crippen LogP contribution >= 0.6 is 0 Å². The molecule has 1 rings (SSSR count). The second kappa shape index (κ2) is 4.74. The molecule has 0 aliphatic heterocycles. The predicted octanol–water partition coefficient (Wildman–Crippen LogP) is 2.24. The Bertz CT molecular complexity index is 321. The first-order chi connectivity index (χ1) is 6.63. The molecule has 1 heterocycles. The van der Waals surface area contributed by atoms with E-state index in [-0.39, 0.29) is 11.8 Å². The number of nitrogens with one attached hydrogen (secondary N) is 1. The minimum absolute atomic E-state index is 0.00533. The SMILES string of the molecule is CCc1cccc(NC(=O)C(C)C)n1. The molecule has 3 heteroatoms. The highest BCUT2D eigenvalue weighted by molar-refractivity contribution is 5.91. The highest BCUT2D eigenvalue weighted by Gasteiger charge is 2.07. The summed E-state index contributed by atoms with van der Waals surface area (Å²) < 4.78 is 0. The van der Waals surface area contributed by atoms with Crippen LogP contribution in [0.4, 0.5) is 5.82 Å². The highest BCUT2D eigenvalue weighted by Crippen LogP contribution is 2.06. The van der Waals surface area contributed by atoms with Gasteiger partial charge in [-0.25, -0.2) is 4.98 Å². The standard InChI is InChI=1S/C11H16N2O/c1-4-9-6-5-7-10(12-9)13-11(14)8(2)3/h5-8H,4H2,1-3H3,(H,12,13,14). The summed E-state index contributed by atoms with van der Waals surface area (Å²) in [6.45, 7) is 5.76. The number of pyridine rings is 1. The Morgan fingerprint density at radius 2 is 2.21 bits per heavy atom. The molecular weight excluding hydrogens is 176 g/mol. The monoisotopic (exact) mass is 192 g/mol. The minimum atomic E-state index is -0.0120. The van der Waals surface area contributed by atoms with Gasteiger partial charge >= 0.3 is 0 Å². The third-order valence-corrected chi connectivity index (χ3v) is 1.94. The largest absolute Gasteiger partial charge is 0.310 e. The predicted molar refractivity (Wildman–Crippen MR) is 57.1 cm³/mol. The number of amides is 1. The van der Waals surface area contributed by atoms with Crippen LogP contribution in [0, 0.1) is 5.92 Å². The molecule has 1 aromatic rings. The molecule has 0 aliphatic carbocycles. The van der Waals surface area contributed by atoms with Crippen LogP contribution in [0.25, 0.3) is 0 Å². The van der Waals surface area contributed by atoms with Crippen molar-refractivity contribution in [1.82, 2.24) is 4.98 Å². The van der Waals surface area contributed by atoms with E-state index in [0.717, 1.165) is 12.1 Å². The zero-order valence-electron chi connectivity index (χ0n) is 8.87. The molecule has 0 fully saturated rings. The van der Waals surface area contributed by atoms with Crippen molar-refractivity contribution in [2.75, 3.05) is 5.32 Å². The van der Waals surface area contributed by atoms with Crippen molar-refractivity contribution in [2.45, 2.75) is 27.2 Å². The Morgan fingerprint density at radius 3 is 2.79 bits per heavy atom. The maximum absolute atomic E-state index is 11.4. The molecule has 0 aromatic carbocycles. The molecule has 1 aromatic heterocycles. The van der Waals surface area contributed by atoms with Gasteiger partial charge in [0.15, 0.2) is 0 Å². The van der Waals surface area contributed by atoms with Crippen LogP contribution in [-0.4, -0.2) is 10.9 Å². The lowest BCUT2D eigenvalue weighted by atomic mass is 10.2. The molecule has 0 radical (unpaired) electrons. The molecule has 76 valence electrons. The highest BCUT2D eigenvalue weighted by atomic mass is 16.1. The van der Waals surface area contributed by atoms with Crippen molar-refractivity contribution >= 4 is 11.7 Å². The Labute approximate surface area is 84.6 Å². The van der Waals surface area contributed by atoms with Crippen molar-refractivity contribution in [3.05, 3.63) is 23.9 Å². The Balaban J connectivity index is 2.72. The van der Waals surface area contributed by atoms with Gasteiger partial charge in [-0.1, -0.05) is 26.8 Å². The number of hydrogen-bond donors (Lipinski definition) is 1. The van der Waals surface area contributed by atoms with Crippen LogP contribution in [0.1, 0.15) is 26.5 Å². The summed E-state index contributed by atoms with van der Waals surface area (Å²) in [6.07, 6.45) is 0.880. The summed E-state index contributed by atoms with van der Waals surface area (Å²) >= 11 is 0. The van der Waals surface area contributed by atoms with Gasteiger partial charge in [-0.15, -0.1) is 0 Å². The molecule has 0 unspecified atom stereocenters. The van der Waals surface area contributed by atoms with Gasteiger partial charge in [-0.3, -0.25) is 4.79 Å². The molecule has 3 nitrogen and oxygen atoms in total. The van der Waals surface area contributed by atoms with Crippen molar-refractivity contribution in [3.8, 4) is 0 Å². The lowest BCUT2D eigenvalue weighted by Gasteiger charge is -2.07. The molecule has 0 aliphatic rings. The van der Waals surface area contributed by atoms with Crippen molar-refractivity contribution in [2.24, 2.45) is 5.92 Å². The van der Waals surface area contributed by atoms with Gasteiger partial charge in [0.25, 0.3) is 0 Å². The number of aryl methyl sites for hydroxylation is 1. The van der Waals surface area contributed by atoms with Gasteiger partial charge in [-0.05, 0) is 18.6 Å². The van der Waals surface area contributed by atoms with Crippen LogP contribution in [0.3, 0.4) is 0 Å². The van der Waals surface area contributed by atoms with E-state index in [1.54, 1.807) is 6.07 Å². The summed E-state index contributed by atoms with van der Waals surface area (Å²) in [7, 11) is 0. The number of nitrogens with zero attached hydrogens (tertiary/aromatic N) is 1. The van der Waals surface area contributed by atoms with Crippen molar-refractivity contribution < 1.29 is 4.79 Å². The Hall–Kier alpha value is -1.38. The lowest BCUT2D eigenvalue weighted by molar-refractivity contribution is -0.118. The first-order valence-electron chi connectivity index (χ1n) is 4.90. The summed E-state index contributed by atoms with van der Waals surface area (Å²) in [4.78, 5) is 15.6. The first-order valence-corrected chi connectivity index (χ1v) is 4.90. The molecular formula is C11H16N2O. The van der Waals surface area contributed by atoms with E-state index in [2.05, 4.69) is 10.3 Å². The van der Waals surface area contributed by atoms with Gasteiger partial charge in [0, 0.05) is 11.6 Å². The summed E-state index contributed by atoms with van der Waals surface area (Å²) in [5.41, 5.74) is 0.992. The van der Waals surface area contributed by atoms with Gasteiger partial charge in [-0.2, -0.15) is 0 Å². The average molecular weight is 192 g/mol. The summed E-state index contributed by atoms with van der Waals surface area (Å²) in [5, 5.41) is 2.77. The van der Waals surface area contributed by atoms with E-state index in [1.807, 2.05) is 32.9 Å². The molecule has 1 N–H and O–H groups in total.